The van der Waals surface area contributed by atoms with Crippen LogP contribution in [0.2, 0.25) is 0 Å². The van der Waals surface area contributed by atoms with Crippen molar-refractivity contribution in [1.82, 2.24) is 0 Å². The highest BCUT2D eigenvalue weighted by molar-refractivity contribution is 5.88. The molecule has 1 aliphatic rings. The van der Waals surface area contributed by atoms with Crippen LogP contribution in [0.25, 0.3) is 0 Å². The molecule has 0 saturated heterocycles. The average molecular weight is 258 g/mol. The van der Waals surface area contributed by atoms with Crippen LogP contribution < -0.4 is 0 Å². The molecule has 0 fully saturated rings. The summed E-state index contributed by atoms with van der Waals surface area (Å²) in [5.41, 5.74) is 0.199. The second kappa shape index (κ2) is 6.51. The van der Waals surface area contributed by atoms with E-state index >= 15 is 0 Å². The van der Waals surface area contributed by atoms with Crippen molar-refractivity contribution in [3.63, 3.8) is 0 Å². The van der Waals surface area contributed by atoms with Crippen molar-refractivity contribution in [3.05, 3.63) is 11.6 Å². The molecule has 0 aliphatic heterocycles. The first-order valence-corrected chi connectivity index (χ1v) is 5.84. The van der Waals surface area contributed by atoms with Gasteiger partial charge in [0.05, 0.1) is 7.11 Å². The lowest BCUT2D eigenvalue weighted by Crippen LogP contribution is -2.43. The van der Waals surface area contributed by atoms with Gasteiger partial charge >= 0.3 is 11.9 Å². The number of esters is 2. The second-order valence-corrected chi connectivity index (χ2v) is 4.15. The molecule has 0 radical (unpaired) electrons. The molecule has 0 spiro atoms. The van der Waals surface area contributed by atoms with Crippen molar-refractivity contribution in [1.29, 1.82) is 0 Å². The van der Waals surface area contributed by atoms with Crippen molar-refractivity contribution >= 4 is 11.9 Å². The van der Waals surface area contributed by atoms with Gasteiger partial charge in [0.25, 0.3) is 0 Å². The SMILES string of the molecule is CCCC(=O)O[C@@H]1CC(C(=O)OC)=C[C@@H](O)[C@H]1O. The maximum absolute atomic E-state index is 11.4. The van der Waals surface area contributed by atoms with E-state index in [-0.39, 0.29) is 18.4 Å². The normalized spacial score (nSPS) is 27.3. The van der Waals surface area contributed by atoms with E-state index in [1.54, 1.807) is 0 Å². The highest BCUT2D eigenvalue weighted by atomic mass is 16.6. The monoisotopic (exact) mass is 258 g/mol. The molecule has 0 aromatic rings. The van der Waals surface area contributed by atoms with E-state index < -0.39 is 30.3 Å². The number of carbonyl (C=O) groups excluding carboxylic acids is 2. The van der Waals surface area contributed by atoms with Crippen LogP contribution in [0.4, 0.5) is 0 Å². The summed E-state index contributed by atoms with van der Waals surface area (Å²) in [6.45, 7) is 1.83. The minimum Gasteiger partial charge on any atom is -0.466 e. The molecule has 0 unspecified atom stereocenters. The van der Waals surface area contributed by atoms with Gasteiger partial charge in [-0.2, -0.15) is 0 Å². The molecule has 6 heteroatoms. The predicted molar refractivity (Wildman–Crippen MR) is 61.5 cm³/mol. The van der Waals surface area contributed by atoms with Crippen molar-refractivity contribution in [2.75, 3.05) is 7.11 Å². The van der Waals surface area contributed by atoms with Crippen molar-refractivity contribution < 1.29 is 29.3 Å². The van der Waals surface area contributed by atoms with Crippen LogP contribution in [0.15, 0.2) is 11.6 Å². The van der Waals surface area contributed by atoms with E-state index in [2.05, 4.69) is 4.74 Å². The number of hydrogen-bond donors (Lipinski definition) is 2. The third-order valence-electron chi connectivity index (χ3n) is 2.71. The predicted octanol–water partition coefficient (Wildman–Crippen LogP) is -0.0768. The zero-order valence-electron chi connectivity index (χ0n) is 10.5. The van der Waals surface area contributed by atoms with E-state index in [0.29, 0.717) is 6.42 Å². The Balaban J connectivity index is 2.73. The minimum atomic E-state index is -1.24. The van der Waals surface area contributed by atoms with Crippen LogP contribution in [-0.4, -0.2) is 47.6 Å². The third-order valence-corrected chi connectivity index (χ3v) is 2.71. The third kappa shape index (κ3) is 3.54. The summed E-state index contributed by atoms with van der Waals surface area (Å²) in [6, 6.07) is 0. The Hall–Kier alpha value is -1.40. The summed E-state index contributed by atoms with van der Waals surface area (Å²) in [4.78, 5) is 22.7. The molecular formula is C12H18O6. The number of aliphatic hydroxyl groups excluding tert-OH is 2. The van der Waals surface area contributed by atoms with Crippen LogP contribution in [0.5, 0.6) is 0 Å². The highest BCUT2D eigenvalue weighted by Gasteiger charge is 2.35. The second-order valence-electron chi connectivity index (χ2n) is 4.15. The van der Waals surface area contributed by atoms with Gasteiger partial charge in [-0.1, -0.05) is 6.92 Å². The van der Waals surface area contributed by atoms with E-state index in [9.17, 15) is 19.8 Å². The molecule has 0 aromatic heterocycles. The fourth-order valence-corrected chi connectivity index (χ4v) is 1.76. The summed E-state index contributed by atoms with van der Waals surface area (Å²) in [5.74, 6) is -1.06. The molecule has 102 valence electrons. The number of hydrogen-bond acceptors (Lipinski definition) is 6. The van der Waals surface area contributed by atoms with Crippen LogP contribution in [-0.2, 0) is 19.1 Å². The van der Waals surface area contributed by atoms with Gasteiger partial charge < -0.3 is 19.7 Å². The lowest BCUT2D eigenvalue weighted by atomic mass is 9.92. The zero-order chi connectivity index (χ0) is 13.7. The molecule has 3 atom stereocenters. The van der Waals surface area contributed by atoms with Crippen molar-refractivity contribution in [3.8, 4) is 0 Å². The van der Waals surface area contributed by atoms with Crippen LogP contribution in [0.3, 0.4) is 0 Å². The topological polar surface area (TPSA) is 93.1 Å². The fourth-order valence-electron chi connectivity index (χ4n) is 1.76. The van der Waals surface area contributed by atoms with Crippen LogP contribution >= 0.6 is 0 Å². The minimum absolute atomic E-state index is 0.0420. The van der Waals surface area contributed by atoms with Crippen LogP contribution in [0, 0.1) is 0 Å². The molecule has 0 saturated carbocycles. The smallest absolute Gasteiger partial charge is 0.333 e. The highest BCUT2D eigenvalue weighted by Crippen LogP contribution is 2.23. The Bertz CT molecular complexity index is 348. The standard InChI is InChI=1S/C12H18O6/c1-3-4-10(14)18-9-6-7(12(16)17-2)5-8(13)11(9)15/h5,8-9,11,13,15H,3-4,6H2,1-2H3/t8-,9-,11-/m1/s1. The molecule has 0 heterocycles. The molecule has 6 nitrogen and oxygen atoms in total. The Morgan fingerprint density at radius 3 is 2.67 bits per heavy atom. The quantitative estimate of drug-likeness (QED) is 0.685. The molecule has 0 amide bonds. The Morgan fingerprint density at radius 2 is 2.11 bits per heavy atom. The van der Waals surface area contributed by atoms with E-state index in [1.807, 2.05) is 6.92 Å². The lowest BCUT2D eigenvalue weighted by Gasteiger charge is -2.30. The maximum Gasteiger partial charge on any atom is 0.333 e. The summed E-state index contributed by atoms with van der Waals surface area (Å²) in [6.07, 6.45) is -1.26. The first-order chi connectivity index (χ1) is 8.49. The number of rotatable bonds is 4. The van der Waals surface area contributed by atoms with Gasteiger partial charge in [-0.25, -0.2) is 4.79 Å². The number of ether oxygens (including phenoxy) is 2. The number of methoxy groups -OCH3 is 1. The number of carbonyl (C=O) groups is 2. The summed E-state index contributed by atoms with van der Waals surface area (Å²) in [5, 5.41) is 19.3. The largest absolute Gasteiger partial charge is 0.466 e. The molecule has 0 bridgehead atoms. The maximum atomic E-state index is 11.4. The van der Waals surface area contributed by atoms with Gasteiger partial charge in [0.15, 0.2) is 0 Å². The molecule has 1 rings (SSSR count). The average Bonchev–Trinajstić information content (AvgIpc) is 2.34. The number of aliphatic hydroxyl groups is 2. The summed E-state index contributed by atoms with van der Waals surface area (Å²) in [7, 11) is 1.22. The summed E-state index contributed by atoms with van der Waals surface area (Å²) < 4.78 is 9.58. The molecular weight excluding hydrogens is 240 g/mol. The molecule has 0 aromatic carbocycles. The molecule has 1 aliphatic carbocycles. The zero-order valence-corrected chi connectivity index (χ0v) is 10.5. The van der Waals surface area contributed by atoms with E-state index in [0.717, 1.165) is 0 Å². The van der Waals surface area contributed by atoms with Gasteiger partial charge in [0, 0.05) is 18.4 Å². The van der Waals surface area contributed by atoms with Gasteiger partial charge in [0.2, 0.25) is 0 Å². The van der Waals surface area contributed by atoms with Crippen molar-refractivity contribution in [2.45, 2.75) is 44.5 Å². The fraction of sp³-hybridized carbons (Fsp3) is 0.667. The Kier molecular flexibility index (Phi) is 5.30. The first kappa shape index (κ1) is 14.7. The van der Waals surface area contributed by atoms with Gasteiger partial charge in [-0.3, -0.25) is 4.79 Å². The molecule has 2 N–H and O–H groups in total. The van der Waals surface area contributed by atoms with Gasteiger partial charge in [0.1, 0.15) is 18.3 Å². The van der Waals surface area contributed by atoms with Gasteiger partial charge in [-0.05, 0) is 12.5 Å². The molecule has 18 heavy (non-hydrogen) atoms. The Morgan fingerprint density at radius 1 is 1.44 bits per heavy atom. The first-order valence-electron chi connectivity index (χ1n) is 5.84. The lowest BCUT2D eigenvalue weighted by molar-refractivity contribution is -0.160. The van der Waals surface area contributed by atoms with E-state index in [1.165, 1.54) is 13.2 Å². The van der Waals surface area contributed by atoms with Gasteiger partial charge in [-0.15, -0.1) is 0 Å². The summed E-state index contributed by atoms with van der Waals surface area (Å²) >= 11 is 0. The van der Waals surface area contributed by atoms with Crippen molar-refractivity contribution in [2.24, 2.45) is 0 Å². The van der Waals surface area contributed by atoms with E-state index in [4.69, 9.17) is 4.74 Å². The van der Waals surface area contributed by atoms with Crippen LogP contribution in [0.1, 0.15) is 26.2 Å². The Labute approximate surface area is 105 Å².